The lowest BCUT2D eigenvalue weighted by molar-refractivity contribution is 0.398. The molecule has 2 N–H and O–H groups in total. The molecule has 1 rings (SSSR count). The van der Waals surface area contributed by atoms with Gasteiger partial charge in [0.05, 0.1) is 8.07 Å². The summed E-state index contributed by atoms with van der Waals surface area (Å²) in [6.07, 6.45) is 5.38. The molecule has 0 aliphatic heterocycles. The Morgan fingerprint density at radius 3 is 1.91 bits per heavy atom. The summed E-state index contributed by atoms with van der Waals surface area (Å²) in [6.45, 7) is 11.3. The van der Waals surface area contributed by atoms with Crippen LogP contribution in [0.4, 0.5) is 0 Å². The van der Waals surface area contributed by atoms with E-state index < -0.39 is 8.07 Å². The summed E-state index contributed by atoms with van der Waals surface area (Å²) in [5.74, 6) is 0.234. The zero-order valence-corrected chi connectivity index (χ0v) is 16.8. The Hall–Kier alpha value is -0.963. The number of benzene rings is 1. The molecule has 0 radical (unpaired) electrons. The minimum absolute atomic E-state index is 0.0786. The number of phenols is 2. The number of unbranched alkanes of at least 4 members (excludes halogenated alkanes) is 1. The largest absolute Gasteiger partial charge is 0.504 e. The first-order chi connectivity index (χ1) is 11.0. The van der Waals surface area contributed by atoms with Gasteiger partial charge in [-0.25, -0.2) is 0 Å². The van der Waals surface area contributed by atoms with Gasteiger partial charge < -0.3 is 10.2 Å². The fraction of sp³-hybridized carbons (Fsp3) is 0.700. The zero-order chi connectivity index (χ0) is 17.5. The van der Waals surface area contributed by atoms with Crippen molar-refractivity contribution in [3.8, 4) is 11.5 Å². The molecule has 0 aliphatic rings. The van der Waals surface area contributed by atoms with Crippen molar-refractivity contribution in [1.82, 2.24) is 0 Å². The maximum absolute atomic E-state index is 10.6. The molecule has 3 heteroatoms. The van der Waals surface area contributed by atoms with E-state index in [4.69, 9.17) is 0 Å². The van der Waals surface area contributed by atoms with Crippen molar-refractivity contribution in [2.45, 2.75) is 90.9 Å². The van der Waals surface area contributed by atoms with Crippen LogP contribution in [0.3, 0.4) is 0 Å². The van der Waals surface area contributed by atoms with Gasteiger partial charge in [0.2, 0.25) is 0 Å². The third kappa shape index (κ3) is 4.76. The van der Waals surface area contributed by atoms with Gasteiger partial charge in [-0.1, -0.05) is 65.6 Å². The topological polar surface area (TPSA) is 40.5 Å². The number of aromatic hydroxyl groups is 2. The van der Waals surface area contributed by atoms with Crippen molar-refractivity contribution < 1.29 is 10.2 Å². The molecule has 0 aliphatic carbocycles. The third-order valence-corrected chi connectivity index (χ3v) is 11.3. The van der Waals surface area contributed by atoms with Gasteiger partial charge in [0.25, 0.3) is 0 Å². The van der Waals surface area contributed by atoms with E-state index in [0.29, 0.717) is 0 Å². The molecule has 0 aromatic heterocycles. The lowest BCUT2D eigenvalue weighted by atomic mass is 9.93. The molecule has 2 nitrogen and oxygen atoms in total. The number of hydrogen-bond acceptors (Lipinski definition) is 2. The number of phenolic OH excluding ortho intramolecular Hbond substituents is 2. The molecule has 0 amide bonds. The summed E-state index contributed by atoms with van der Waals surface area (Å²) >= 11 is 0. The molecule has 0 saturated carbocycles. The van der Waals surface area contributed by atoms with Gasteiger partial charge in [0.1, 0.15) is 0 Å². The van der Waals surface area contributed by atoms with Crippen molar-refractivity contribution in [3.63, 3.8) is 0 Å². The van der Waals surface area contributed by atoms with Crippen LogP contribution in [-0.2, 0) is 18.9 Å². The highest BCUT2D eigenvalue weighted by atomic mass is 28.3. The highest BCUT2D eigenvalue weighted by Crippen LogP contribution is 2.39. The summed E-state index contributed by atoms with van der Waals surface area (Å²) in [4.78, 5) is 0. The minimum Gasteiger partial charge on any atom is -0.504 e. The molecule has 132 valence electrons. The Balaban J connectivity index is 3.40. The number of aryl methyl sites for hydroxylation is 1. The van der Waals surface area contributed by atoms with E-state index in [-0.39, 0.29) is 11.5 Å². The van der Waals surface area contributed by atoms with Crippen molar-refractivity contribution in [3.05, 3.63) is 22.8 Å². The normalized spacial score (nSPS) is 11.9. The summed E-state index contributed by atoms with van der Waals surface area (Å²) in [5.41, 5.74) is 3.65. The van der Waals surface area contributed by atoms with E-state index in [1.807, 2.05) is 0 Å². The van der Waals surface area contributed by atoms with E-state index in [2.05, 4.69) is 34.6 Å². The van der Waals surface area contributed by atoms with Crippen molar-refractivity contribution in [2.24, 2.45) is 0 Å². The van der Waals surface area contributed by atoms with Crippen LogP contribution in [0.25, 0.3) is 0 Å². The van der Waals surface area contributed by atoms with Crippen LogP contribution in [0.1, 0.15) is 70.6 Å². The molecule has 0 bridgehead atoms. The maximum atomic E-state index is 10.6. The Morgan fingerprint density at radius 2 is 1.43 bits per heavy atom. The van der Waals surface area contributed by atoms with Crippen LogP contribution >= 0.6 is 0 Å². The fourth-order valence-corrected chi connectivity index (χ4v) is 7.04. The SMILES string of the molecule is CCCCc1c(CCC)cc(O)c(O)c1C[Si](CC)(CC)CC. The maximum Gasteiger partial charge on any atom is 0.160 e. The Morgan fingerprint density at radius 1 is 0.826 bits per heavy atom. The second-order valence-electron chi connectivity index (χ2n) is 6.95. The second-order valence-corrected chi connectivity index (χ2v) is 12.4. The lowest BCUT2D eigenvalue weighted by Crippen LogP contribution is -2.35. The van der Waals surface area contributed by atoms with Gasteiger partial charge >= 0.3 is 0 Å². The van der Waals surface area contributed by atoms with Crippen molar-refractivity contribution in [2.75, 3.05) is 0 Å². The molecule has 0 atom stereocenters. The molecule has 0 heterocycles. The summed E-state index contributed by atoms with van der Waals surface area (Å²) in [6, 6.07) is 6.54. The van der Waals surface area contributed by atoms with Crippen LogP contribution in [-0.4, -0.2) is 18.3 Å². The Kier molecular flexibility index (Phi) is 8.17. The monoisotopic (exact) mass is 336 g/mol. The molecule has 0 spiro atoms. The zero-order valence-electron chi connectivity index (χ0n) is 15.8. The quantitative estimate of drug-likeness (QED) is 0.407. The van der Waals surface area contributed by atoms with Gasteiger partial charge in [-0.3, -0.25) is 0 Å². The molecular weight excluding hydrogens is 300 g/mol. The Bertz CT molecular complexity index is 485. The van der Waals surface area contributed by atoms with Gasteiger partial charge in [-0.05, 0) is 48.1 Å². The van der Waals surface area contributed by atoms with E-state index >= 15 is 0 Å². The molecule has 1 aromatic carbocycles. The first-order valence-corrected chi connectivity index (χ1v) is 12.4. The van der Waals surface area contributed by atoms with Crippen LogP contribution in [0.5, 0.6) is 11.5 Å². The highest BCUT2D eigenvalue weighted by molar-refractivity contribution is 6.79. The van der Waals surface area contributed by atoms with Gasteiger partial charge in [-0.15, -0.1) is 0 Å². The summed E-state index contributed by atoms with van der Waals surface area (Å²) in [5, 5.41) is 20.8. The van der Waals surface area contributed by atoms with Crippen LogP contribution < -0.4 is 0 Å². The lowest BCUT2D eigenvalue weighted by Gasteiger charge is -2.30. The predicted molar refractivity (Wildman–Crippen MR) is 103 cm³/mol. The summed E-state index contributed by atoms with van der Waals surface area (Å²) < 4.78 is 0. The number of rotatable bonds is 10. The molecule has 0 fully saturated rings. The standard InChI is InChI=1S/C20H36O2Si/c1-6-11-13-17-16(12-7-2)14-19(21)20(22)18(17)15-23(8-3,9-4)10-5/h14,21-22H,6-13,15H2,1-5H3. The van der Waals surface area contributed by atoms with Crippen LogP contribution in [0.15, 0.2) is 6.07 Å². The minimum atomic E-state index is -1.40. The molecule has 0 saturated heterocycles. The van der Waals surface area contributed by atoms with E-state index in [1.165, 1.54) is 29.3 Å². The van der Waals surface area contributed by atoms with E-state index in [1.54, 1.807) is 6.07 Å². The Labute approximate surface area is 144 Å². The van der Waals surface area contributed by atoms with Crippen LogP contribution in [0, 0.1) is 0 Å². The molecule has 0 unspecified atom stereocenters. The fourth-order valence-electron chi connectivity index (χ4n) is 3.66. The average Bonchev–Trinajstić information content (AvgIpc) is 2.56. The smallest absolute Gasteiger partial charge is 0.160 e. The third-order valence-electron chi connectivity index (χ3n) is 5.69. The number of hydrogen-bond donors (Lipinski definition) is 2. The van der Waals surface area contributed by atoms with Crippen molar-refractivity contribution in [1.29, 1.82) is 0 Å². The first-order valence-electron chi connectivity index (χ1n) is 9.53. The van der Waals surface area contributed by atoms with Gasteiger partial charge in [0.15, 0.2) is 11.5 Å². The molecule has 1 aromatic rings. The molecular formula is C20H36O2Si. The average molecular weight is 337 g/mol. The first kappa shape index (κ1) is 20.1. The van der Waals surface area contributed by atoms with Gasteiger partial charge in [-0.2, -0.15) is 0 Å². The van der Waals surface area contributed by atoms with Crippen molar-refractivity contribution >= 4 is 8.07 Å². The van der Waals surface area contributed by atoms with Crippen LogP contribution in [0.2, 0.25) is 18.1 Å². The van der Waals surface area contributed by atoms with E-state index in [0.717, 1.165) is 43.7 Å². The van der Waals surface area contributed by atoms with E-state index in [9.17, 15) is 10.2 Å². The molecule has 23 heavy (non-hydrogen) atoms. The second kappa shape index (κ2) is 9.36. The van der Waals surface area contributed by atoms with Gasteiger partial charge in [0, 0.05) is 0 Å². The summed E-state index contributed by atoms with van der Waals surface area (Å²) in [7, 11) is -1.40. The highest BCUT2D eigenvalue weighted by Gasteiger charge is 2.30. The predicted octanol–water partition coefficient (Wildman–Crippen LogP) is 5.98.